The zero-order valence-corrected chi connectivity index (χ0v) is 12.2. The zero-order valence-electron chi connectivity index (χ0n) is 9.84. The summed E-state index contributed by atoms with van der Waals surface area (Å²) >= 11 is 3.24. The van der Waals surface area contributed by atoms with Crippen molar-refractivity contribution >= 4 is 31.9 Å². The normalized spacial score (nSPS) is 18.1. The minimum atomic E-state index is -3.59. The van der Waals surface area contributed by atoms with Crippen LogP contribution in [0, 0.1) is 0 Å². The second-order valence-corrected chi connectivity index (χ2v) is 6.96. The molecule has 1 saturated heterocycles. The molecule has 0 atom stereocenters. The zero-order chi connectivity index (χ0) is 13.3. The summed E-state index contributed by atoms with van der Waals surface area (Å²) in [6.45, 7) is 0.661. The summed E-state index contributed by atoms with van der Waals surface area (Å²) < 4.78 is 26.6. The molecule has 0 aliphatic carbocycles. The van der Waals surface area contributed by atoms with E-state index in [0.717, 1.165) is 0 Å². The molecule has 0 unspecified atom stereocenters. The van der Waals surface area contributed by atoms with Crippen LogP contribution in [-0.4, -0.2) is 50.2 Å². The van der Waals surface area contributed by atoms with E-state index in [1.165, 1.54) is 21.3 Å². The molecule has 1 aliphatic heterocycles. The van der Waals surface area contributed by atoms with Crippen molar-refractivity contribution in [3.63, 3.8) is 0 Å². The molecule has 0 spiro atoms. The molecule has 1 aliphatic rings. The van der Waals surface area contributed by atoms with Gasteiger partial charge in [-0.05, 0) is 18.2 Å². The number of rotatable bonds is 2. The Morgan fingerprint density at radius 3 is 2.61 bits per heavy atom. The van der Waals surface area contributed by atoms with Crippen molar-refractivity contribution in [2.75, 3.05) is 26.7 Å². The molecule has 0 radical (unpaired) electrons. The lowest BCUT2D eigenvalue weighted by atomic mass is 10.4. The summed E-state index contributed by atoms with van der Waals surface area (Å²) in [6, 6.07) is 6.49. The number of hydrogen-bond acceptors (Lipinski definition) is 3. The number of sulfonamides is 1. The van der Waals surface area contributed by atoms with E-state index >= 15 is 0 Å². The maximum atomic E-state index is 12.3. The van der Waals surface area contributed by atoms with E-state index in [2.05, 4.69) is 15.9 Å². The van der Waals surface area contributed by atoms with Crippen molar-refractivity contribution in [2.24, 2.45) is 0 Å². The Labute approximate surface area is 115 Å². The molecule has 1 aromatic rings. The number of piperazine rings is 1. The fraction of sp³-hybridized carbons (Fsp3) is 0.364. The van der Waals surface area contributed by atoms with Gasteiger partial charge < -0.3 is 4.90 Å². The third kappa shape index (κ3) is 2.57. The van der Waals surface area contributed by atoms with Gasteiger partial charge in [-0.3, -0.25) is 4.79 Å². The summed E-state index contributed by atoms with van der Waals surface area (Å²) in [5.41, 5.74) is 0. The molecule has 7 heteroatoms. The maximum Gasteiger partial charge on any atom is 0.243 e. The fourth-order valence-corrected chi connectivity index (χ4v) is 3.70. The number of likely N-dealkylation sites (N-methyl/N-ethyl adjacent to an activating group) is 1. The van der Waals surface area contributed by atoms with Crippen molar-refractivity contribution in [2.45, 2.75) is 4.90 Å². The molecule has 1 aromatic carbocycles. The van der Waals surface area contributed by atoms with Gasteiger partial charge in [0.15, 0.2) is 0 Å². The molecule has 0 aromatic heterocycles. The first kappa shape index (κ1) is 13.5. The van der Waals surface area contributed by atoms with Gasteiger partial charge in [0.1, 0.15) is 0 Å². The Morgan fingerprint density at radius 1 is 1.28 bits per heavy atom. The van der Waals surface area contributed by atoms with E-state index in [9.17, 15) is 13.2 Å². The average molecular weight is 333 g/mol. The predicted octanol–water partition coefficient (Wildman–Crippen LogP) is 0.912. The van der Waals surface area contributed by atoms with Gasteiger partial charge in [-0.15, -0.1) is 0 Å². The molecule has 0 saturated carbocycles. The van der Waals surface area contributed by atoms with E-state index in [1.54, 1.807) is 19.2 Å². The Kier molecular flexibility index (Phi) is 3.74. The van der Waals surface area contributed by atoms with E-state index < -0.39 is 10.0 Å². The van der Waals surface area contributed by atoms with Crippen LogP contribution in [-0.2, 0) is 14.8 Å². The van der Waals surface area contributed by atoms with Crippen LogP contribution in [0.2, 0.25) is 0 Å². The second-order valence-electron chi connectivity index (χ2n) is 4.11. The maximum absolute atomic E-state index is 12.3. The molecule has 0 N–H and O–H groups in total. The predicted molar refractivity (Wildman–Crippen MR) is 70.5 cm³/mol. The first-order valence-electron chi connectivity index (χ1n) is 5.41. The van der Waals surface area contributed by atoms with Crippen LogP contribution in [0.4, 0.5) is 0 Å². The number of benzene rings is 1. The number of amides is 1. The molecule has 1 amide bonds. The van der Waals surface area contributed by atoms with Gasteiger partial charge in [0.05, 0.1) is 11.4 Å². The van der Waals surface area contributed by atoms with E-state index in [1.807, 2.05) is 0 Å². The first-order valence-corrected chi connectivity index (χ1v) is 7.64. The molecule has 1 fully saturated rings. The molecule has 2 rings (SSSR count). The molecular formula is C11H13BrN2O3S. The minimum absolute atomic E-state index is 0.0919. The summed E-state index contributed by atoms with van der Waals surface area (Å²) in [4.78, 5) is 13.3. The third-order valence-corrected chi connectivity index (χ3v) is 5.19. The third-order valence-electron chi connectivity index (χ3n) is 2.86. The molecule has 18 heavy (non-hydrogen) atoms. The minimum Gasteiger partial charge on any atom is -0.343 e. The van der Waals surface area contributed by atoms with Crippen LogP contribution < -0.4 is 0 Å². The van der Waals surface area contributed by atoms with Gasteiger partial charge in [-0.2, -0.15) is 4.31 Å². The standard InChI is InChI=1S/C11H13BrN2O3S/c1-13-5-6-14(8-11(13)15)18(16,17)10-4-2-3-9(12)7-10/h2-4,7H,5-6,8H2,1H3. The van der Waals surface area contributed by atoms with Gasteiger partial charge >= 0.3 is 0 Å². The highest BCUT2D eigenvalue weighted by Crippen LogP contribution is 2.21. The summed E-state index contributed by atoms with van der Waals surface area (Å²) in [7, 11) is -1.91. The Morgan fingerprint density at radius 2 is 2.00 bits per heavy atom. The molecule has 5 nitrogen and oxygen atoms in total. The van der Waals surface area contributed by atoms with Crippen molar-refractivity contribution in [1.29, 1.82) is 0 Å². The number of hydrogen-bond donors (Lipinski definition) is 0. The monoisotopic (exact) mass is 332 g/mol. The van der Waals surface area contributed by atoms with Crippen molar-refractivity contribution in [1.82, 2.24) is 9.21 Å². The number of halogens is 1. The second kappa shape index (κ2) is 4.99. The summed E-state index contributed by atoms with van der Waals surface area (Å²) in [5, 5.41) is 0. The summed E-state index contributed by atoms with van der Waals surface area (Å²) in [6.07, 6.45) is 0. The van der Waals surface area contributed by atoms with Crippen LogP contribution in [0.5, 0.6) is 0 Å². The average Bonchev–Trinajstić information content (AvgIpc) is 2.32. The van der Waals surface area contributed by atoms with Crippen LogP contribution in [0.25, 0.3) is 0 Å². The largest absolute Gasteiger partial charge is 0.343 e. The molecule has 98 valence electrons. The highest BCUT2D eigenvalue weighted by molar-refractivity contribution is 9.10. The van der Waals surface area contributed by atoms with Crippen molar-refractivity contribution in [3.8, 4) is 0 Å². The fourth-order valence-electron chi connectivity index (χ4n) is 1.72. The van der Waals surface area contributed by atoms with Crippen LogP contribution in [0.1, 0.15) is 0 Å². The number of nitrogens with zero attached hydrogens (tertiary/aromatic N) is 2. The van der Waals surface area contributed by atoms with Crippen molar-refractivity contribution in [3.05, 3.63) is 28.7 Å². The SMILES string of the molecule is CN1CCN(S(=O)(=O)c2cccc(Br)c2)CC1=O. The topological polar surface area (TPSA) is 57.7 Å². The lowest BCUT2D eigenvalue weighted by Crippen LogP contribution is -2.50. The Hall–Kier alpha value is -0.920. The van der Waals surface area contributed by atoms with Gasteiger partial charge in [0.25, 0.3) is 0 Å². The van der Waals surface area contributed by atoms with E-state index in [0.29, 0.717) is 17.6 Å². The number of carbonyl (C=O) groups is 1. The smallest absolute Gasteiger partial charge is 0.243 e. The Bertz CT molecular complexity index is 573. The van der Waals surface area contributed by atoms with E-state index in [-0.39, 0.29) is 17.3 Å². The van der Waals surface area contributed by atoms with Gasteiger partial charge in [0, 0.05) is 24.6 Å². The Balaban J connectivity index is 2.30. The molecular weight excluding hydrogens is 320 g/mol. The van der Waals surface area contributed by atoms with Gasteiger partial charge in [0.2, 0.25) is 15.9 Å². The molecule has 1 heterocycles. The first-order chi connectivity index (χ1) is 8.41. The lowest BCUT2D eigenvalue weighted by Gasteiger charge is -2.31. The highest BCUT2D eigenvalue weighted by atomic mass is 79.9. The van der Waals surface area contributed by atoms with Gasteiger partial charge in [-0.25, -0.2) is 8.42 Å². The lowest BCUT2D eigenvalue weighted by molar-refractivity contribution is -0.132. The van der Waals surface area contributed by atoms with Crippen LogP contribution in [0.3, 0.4) is 0 Å². The van der Waals surface area contributed by atoms with Gasteiger partial charge in [-0.1, -0.05) is 22.0 Å². The number of carbonyl (C=O) groups excluding carboxylic acids is 1. The quantitative estimate of drug-likeness (QED) is 0.808. The van der Waals surface area contributed by atoms with Crippen LogP contribution >= 0.6 is 15.9 Å². The van der Waals surface area contributed by atoms with Crippen molar-refractivity contribution < 1.29 is 13.2 Å². The highest BCUT2D eigenvalue weighted by Gasteiger charge is 2.31. The van der Waals surface area contributed by atoms with E-state index in [4.69, 9.17) is 0 Å². The summed E-state index contributed by atoms with van der Waals surface area (Å²) in [5.74, 6) is -0.181. The molecule has 0 bridgehead atoms. The van der Waals surface area contributed by atoms with Crippen LogP contribution in [0.15, 0.2) is 33.6 Å².